The minimum absolute atomic E-state index is 0.100. The van der Waals surface area contributed by atoms with Gasteiger partial charge in [0.2, 0.25) is 0 Å². The second kappa shape index (κ2) is 7.29. The molecule has 1 heterocycles. The molecule has 112 valence electrons. The smallest absolute Gasteiger partial charge is 0.126 e. The second-order valence-corrected chi connectivity index (χ2v) is 5.17. The Kier molecular flexibility index (Phi) is 5.42. The maximum Gasteiger partial charge on any atom is 0.126 e. The number of benzene rings is 1. The minimum atomic E-state index is -0.669. The molecule has 4 heteroatoms. The largest absolute Gasteiger partial charge is 0.387 e. The number of hydrogen-bond donors (Lipinski definition) is 2. The fraction of sp³-hybridized carbons (Fsp3) is 0.353. The molecule has 0 spiro atoms. The highest BCUT2D eigenvalue weighted by molar-refractivity contribution is 5.26. The predicted molar refractivity (Wildman–Crippen MR) is 81.3 cm³/mol. The molecule has 21 heavy (non-hydrogen) atoms. The third kappa shape index (κ3) is 4.09. The van der Waals surface area contributed by atoms with Gasteiger partial charge < -0.3 is 10.4 Å². The van der Waals surface area contributed by atoms with E-state index in [4.69, 9.17) is 0 Å². The molecule has 0 radical (unpaired) electrons. The van der Waals surface area contributed by atoms with Crippen molar-refractivity contribution in [3.63, 3.8) is 0 Å². The molecule has 0 saturated carbocycles. The number of hydrogen-bond acceptors (Lipinski definition) is 3. The zero-order valence-corrected chi connectivity index (χ0v) is 12.4. The number of rotatable bonds is 6. The first-order valence-corrected chi connectivity index (χ1v) is 7.19. The van der Waals surface area contributed by atoms with Gasteiger partial charge in [0.05, 0.1) is 11.8 Å². The highest BCUT2D eigenvalue weighted by atomic mass is 19.1. The number of aryl methyl sites for hydroxylation is 1. The summed E-state index contributed by atoms with van der Waals surface area (Å²) in [6, 6.07) is 10.4. The van der Waals surface area contributed by atoms with Gasteiger partial charge in [-0.3, -0.25) is 4.98 Å². The molecule has 2 N–H and O–H groups in total. The first kappa shape index (κ1) is 15.6. The summed E-state index contributed by atoms with van der Waals surface area (Å²) in [4.78, 5) is 4.25. The Balaban J connectivity index is 2.04. The van der Waals surface area contributed by atoms with E-state index in [9.17, 15) is 9.50 Å². The van der Waals surface area contributed by atoms with Crippen molar-refractivity contribution in [2.75, 3.05) is 0 Å². The zero-order chi connectivity index (χ0) is 15.2. The number of nitrogens with zero attached hydrogens (tertiary/aromatic N) is 1. The highest BCUT2D eigenvalue weighted by Crippen LogP contribution is 2.21. The number of pyridine rings is 1. The Bertz CT molecular complexity index is 574. The van der Waals surface area contributed by atoms with E-state index in [1.165, 1.54) is 6.07 Å². The molecular weight excluding hydrogens is 267 g/mol. The van der Waals surface area contributed by atoms with E-state index in [0.717, 1.165) is 17.7 Å². The molecule has 2 unspecified atom stereocenters. The molecule has 2 atom stereocenters. The summed E-state index contributed by atoms with van der Waals surface area (Å²) in [5.41, 5.74) is 2.21. The SMILES string of the molecule is CCC(NCc1ccccn1)C(O)c1ccc(F)c(C)c1. The van der Waals surface area contributed by atoms with Gasteiger partial charge in [0.15, 0.2) is 0 Å². The fourth-order valence-corrected chi connectivity index (χ4v) is 2.30. The summed E-state index contributed by atoms with van der Waals surface area (Å²) in [6.07, 6.45) is 1.85. The Hall–Kier alpha value is -1.78. The molecule has 0 aliphatic rings. The maximum atomic E-state index is 13.3. The number of aromatic nitrogens is 1. The van der Waals surface area contributed by atoms with Crippen LogP contribution in [0, 0.1) is 12.7 Å². The quantitative estimate of drug-likeness (QED) is 0.858. The third-order valence-corrected chi connectivity index (χ3v) is 3.62. The van der Waals surface area contributed by atoms with E-state index in [1.807, 2.05) is 25.1 Å². The summed E-state index contributed by atoms with van der Waals surface area (Å²) in [5.74, 6) is -0.250. The van der Waals surface area contributed by atoms with Crippen LogP contribution in [0.15, 0.2) is 42.6 Å². The van der Waals surface area contributed by atoms with E-state index in [2.05, 4.69) is 10.3 Å². The van der Waals surface area contributed by atoms with Crippen LogP contribution < -0.4 is 5.32 Å². The van der Waals surface area contributed by atoms with Gasteiger partial charge in [-0.15, -0.1) is 0 Å². The van der Waals surface area contributed by atoms with Gasteiger partial charge in [-0.25, -0.2) is 4.39 Å². The summed E-state index contributed by atoms with van der Waals surface area (Å²) in [6.45, 7) is 4.31. The summed E-state index contributed by atoms with van der Waals surface area (Å²) >= 11 is 0. The monoisotopic (exact) mass is 288 g/mol. The third-order valence-electron chi connectivity index (χ3n) is 3.62. The summed E-state index contributed by atoms with van der Waals surface area (Å²) in [7, 11) is 0. The van der Waals surface area contributed by atoms with Crippen molar-refractivity contribution in [2.24, 2.45) is 0 Å². The van der Waals surface area contributed by atoms with Crippen LogP contribution in [0.5, 0.6) is 0 Å². The molecule has 3 nitrogen and oxygen atoms in total. The van der Waals surface area contributed by atoms with Crippen LogP contribution >= 0.6 is 0 Å². The van der Waals surface area contributed by atoms with Crippen LogP contribution in [0.3, 0.4) is 0 Å². The van der Waals surface area contributed by atoms with Crippen LogP contribution in [0.2, 0.25) is 0 Å². The molecule has 0 fully saturated rings. The number of halogens is 1. The first-order chi connectivity index (χ1) is 10.1. The van der Waals surface area contributed by atoms with Crippen LogP contribution in [-0.2, 0) is 6.54 Å². The molecule has 2 aromatic rings. The Morgan fingerprint density at radius 1 is 1.29 bits per heavy atom. The van der Waals surface area contributed by atoms with Crippen molar-refractivity contribution in [1.29, 1.82) is 0 Å². The van der Waals surface area contributed by atoms with Gasteiger partial charge in [-0.2, -0.15) is 0 Å². The minimum Gasteiger partial charge on any atom is -0.387 e. The van der Waals surface area contributed by atoms with Crippen molar-refractivity contribution in [3.8, 4) is 0 Å². The van der Waals surface area contributed by atoms with Gasteiger partial charge in [-0.1, -0.05) is 25.1 Å². The van der Waals surface area contributed by atoms with Crippen LogP contribution in [0.25, 0.3) is 0 Å². The van der Waals surface area contributed by atoms with Crippen LogP contribution in [-0.4, -0.2) is 16.1 Å². The fourth-order valence-electron chi connectivity index (χ4n) is 2.30. The van der Waals surface area contributed by atoms with Crippen molar-refractivity contribution in [1.82, 2.24) is 10.3 Å². The molecule has 1 aromatic heterocycles. The topological polar surface area (TPSA) is 45.2 Å². The zero-order valence-electron chi connectivity index (χ0n) is 12.4. The second-order valence-electron chi connectivity index (χ2n) is 5.17. The Morgan fingerprint density at radius 2 is 2.10 bits per heavy atom. The number of aliphatic hydroxyl groups is 1. The van der Waals surface area contributed by atoms with E-state index in [1.54, 1.807) is 25.3 Å². The maximum absolute atomic E-state index is 13.3. The first-order valence-electron chi connectivity index (χ1n) is 7.19. The number of nitrogens with one attached hydrogen (secondary N) is 1. The Labute approximate surface area is 124 Å². The Morgan fingerprint density at radius 3 is 2.71 bits per heavy atom. The summed E-state index contributed by atoms with van der Waals surface area (Å²) < 4.78 is 13.3. The van der Waals surface area contributed by atoms with E-state index < -0.39 is 6.10 Å². The molecule has 0 aliphatic carbocycles. The van der Waals surface area contributed by atoms with Gasteiger partial charge in [0.25, 0.3) is 0 Å². The van der Waals surface area contributed by atoms with Gasteiger partial charge >= 0.3 is 0 Å². The van der Waals surface area contributed by atoms with E-state index >= 15 is 0 Å². The van der Waals surface area contributed by atoms with Crippen molar-refractivity contribution in [3.05, 3.63) is 65.2 Å². The van der Waals surface area contributed by atoms with Gasteiger partial charge in [-0.05, 0) is 42.7 Å². The van der Waals surface area contributed by atoms with Gasteiger partial charge in [0, 0.05) is 18.8 Å². The summed E-state index contributed by atoms with van der Waals surface area (Å²) in [5, 5.41) is 13.8. The van der Waals surface area contributed by atoms with E-state index in [-0.39, 0.29) is 11.9 Å². The lowest BCUT2D eigenvalue weighted by Gasteiger charge is -2.23. The predicted octanol–water partition coefficient (Wildman–Crippen LogP) is 3.13. The van der Waals surface area contributed by atoms with Crippen molar-refractivity contribution >= 4 is 0 Å². The van der Waals surface area contributed by atoms with Gasteiger partial charge in [0.1, 0.15) is 5.82 Å². The molecule has 1 aromatic carbocycles. The lowest BCUT2D eigenvalue weighted by atomic mass is 9.98. The average Bonchev–Trinajstić information content (AvgIpc) is 2.51. The van der Waals surface area contributed by atoms with Crippen LogP contribution in [0.1, 0.15) is 36.3 Å². The standard InChI is InChI=1S/C17H21FN2O/c1-3-16(20-11-14-6-4-5-9-19-14)17(21)13-7-8-15(18)12(2)10-13/h4-10,16-17,20-21H,3,11H2,1-2H3. The van der Waals surface area contributed by atoms with Crippen LogP contribution in [0.4, 0.5) is 4.39 Å². The molecular formula is C17H21FN2O. The molecule has 0 aliphatic heterocycles. The molecule has 2 rings (SSSR count). The normalized spacial score (nSPS) is 13.9. The molecule has 0 bridgehead atoms. The van der Waals surface area contributed by atoms with Crippen molar-refractivity contribution in [2.45, 2.75) is 39.0 Å². The van der Waals surface area contributed by atoms with Crippen molar-refractivity contribution < 1.29 is 9.50 Å². The molecule has 0 saturated heterocycles. The molecule has 0 amide bonds. The lowest BCUT2D eigenvalue weighted by molar-refractivity contribution is 0.125. The lowest BCUT2D eigenvalue weighted by Crippen LogP contribution is -2.34. The number of aliphatic hydroxyl groups excluding tert-OH is 1. The van der Waals surface area contributed by atoms with E-state index in [0.29, 0.717) is 12.1 Å². The highest BCUT2D eigenvalue weighted by Gasteiger charge is 2.19. The average molecular weight is 288 g/mol.